The molecule has 0 radical (unpaired) electrons. The van der Waals surface area contributed by atoms with E-state index in [2.05, 4.69) is 6.92 Å². The molecule has 20 heavy (non-hydrogen) atoms. The lowest BCUT2D eigenvalue weighted by Gasteiger charge is -2.36. The molecule has 1 aromatic carbocycles. The van der Waals surface area contributed by atoms with E-state index in [-0.39, 0.29) is 6.10 Å². The lowest BCUT2D eigenvalue weighted by Crippen LogP contribution is -2.38. The maximum atomic E-state index is 6.21. The molecule has 3 atom stereocenters. The zero-order valence-corrected chi connectivity index (χ0v) is 13.5. The first-order chi connectivity index (χ1) is 9.65. The van der Waals surface area contributed by atoms with Crippen molar-refractivity contribution in [1.82, 2.24) is 0 Å². The van der Waals surface area contributed by atoms with Gasteiger partial charge in [-0.3, -0.25) is 0 Å². The van der Waals surface area contributed by atoms with E-state index in [0.29, 0.717) is 28.3 Å². The van der Waals surface area contributed by atoms with Crippen molar-refractivity contribution in [2.45, 2.75) is 45.1 Å². The summed E-state index contributed by atoms with van der Waals surface area (Å²) in [7, 11) is 0. The van der Waals surface area contributed by atoms with E-state index in [1.54, 1.807) is 6.07 Å². The summed E-state index contributed by atoms with van der Waals surface area (Å²) < 4.78 is 6.15. The highest BCUT2D eigenvalue weighted by atomic mass is 35.5. The zero-order chi connectivity index (χ0) is 14.5. The van der Waals surface area contributed by atoms with Crippen LogP contribution in [-0.4, -0.2) is 12.6 Å². The maximum Gasteiger partial charge on any atom is 0.139 e. The Hall–Kier alpha value is -0.440. The van der Waals surface area contributed by atoms with Crippen LogP contribution in [0.3, 0.4) is 0 Å². The molecule has 2 rings (SSSR count). The molecule has 112 valence electrons. The maximum absolute atomic E-state index is 6.21. The van der Waals surface area contributed by atoms with Crippen LogP contribution in [0, 0.1) is 11.8 Å². The molecule has 0 saturated heterocycles. The summed E-state index contributed by atoms with van der Waals surface area (Å²) in [6, 6.07) is 5.52. The molecule has 0 aliphatic heterocycles. The molecule has 0 aromatic heterocycles. The number of hydrogen-bond donors (Lipinski definition) is 1. The number of rotatable bonds is 5. The lowest BCUT2D eigenvalue weighted by molar-refractivity contribution is 0.0670. The summed E-state index contributed by atoms with van der Waals surface area (Å²) in [5.41, 5.74) is 5.90. The van der Waals surface area contributed by atoms with Gasteiger partial charge in [-0.1, -0.05) is 49.0 Å². The first-order valence-corrected chi connectivity index (χ1v) is 8.22. The van der Waals surface area contributed by atoms with Crippen LogP contribution < -0.4 is 10.5 Å². The molecule has 1 saturated carbocycles. The van der Waals surface area contributed by atoms with Gasteiger partial charge in [-0.25, -0.2) is 0 Å². The molecule has 2 nitrogen and oxygen atoms in total. The fraction of sp³-hybridized carbons (Fsp3) is 0.625. The molecule has 3 unspecified atom stereocenters. The van der Waals surface area contributed by atoms with Crippen LogP contribution in [-0.2, 0) is 0 Å². The number of ether oxygens (including phenoxy) is 1. The largest absolute Gasteiger partial charge is 0.488 e. The molecule has 4 heteroatoms. The van der Waals surface area contributed by atoms with Crippen molar-refractivity contribution < 1.29 is 4.74 Å². The molecular formula is C16H23Cl2NO. The van der Waals surface area contributed by atoms with Crippen LogP contribution in [0.1, 0.15) is 39.0 Å². The van der Waals surface area contributed by atoms with Gasteiger partial charge in [-0.15, -0.1) is 0 Å². The quantitative estimate of drug-likeness (QED) is 0.837. The molecule has 1 aromatic rings. The van der Waals surface area contributed by atoms with Gasteiger partial charge in [0.05, 0.1) is 5.02 Å². The first-order valence-electron chi connectivity index (χ1n) is 7.46. The third-order valence-electron chi connectivity index (χ3n) is 4.23. The minimum absolute atomic E-state index is 0.154. The molecule has 1 aliphatic rings. The van der Waals surface area contributed by atoms with Crippen LogP contribution in [0.15, 0.2) is 18.2 Å². The molecule has 0 heterocycles. The van der Waals surface area contributed by atoms with Gasteiger partial charge in [0, 0.05) is 5.92 Å². The molecule has 1 fully saturated rings. The van der Waals surface area contributed by atoms with Gasteiger partial charge in [0.25, 0.3) is 0 Å². The summed E-state index contributed by atoms with van der Waals surface area (Å²) in [6.45, 7) is 2.90. The number of nitrogens with two attached hydrogens (primary N) is 1. The predicted octanol–water partition coefficient (Wildman–Crippen LogP) is 4.92. The van der Waals surface area contributed by atoms with E-state index < -0.39 is 0 Å². The summed E-state index contributed by atoms with van der Waals surface area (Å²) in [6.07, 6.45) is 6.12. The van der Waals surface area contributed by atoms with E-state index >= 15 is 0 Å². The smallest absolute Gasteiger partial charge is 0.139 e. The Balaban J connectivity index is 2.09. The second-order valence-corrected chi connectivity index (χ2v) is 6.46. The summed E-state index contributed by atoms with van der Waals surface area (Å²) >= 11 is 12.3. The van der Waals surface area contributed by atoms with E-state index in [0.717, 1.165) is 18.8 Å². The minimum Gasteiger partial charge on any atom is -0.488 e. The van der Waals surface area contributed by atoms with Crippen molar-refractivity contribution in [3.8, 4) is 5.75 Å². The Labute approximate surface area is 131 Å². The monoisotopic (exact) mass is 315 g/mol. The highest BCUT2D eigenvalue weighted by Crippen LogP contribution is 2.37. The average Bonchev–Trinajstić information content (AvgIpc) is 2.45. The van der Waals surface area contributed by atoms with Crippen LogP contribution >= 0.6 is 23.2 Å². The van der Waals surface area contributed by atoms with Gasteiger partial charge < -0.3 is 10.5 Å². The fourth-order valence-corrected chi connectivity index (χ4v) is 3.43. The number of halogens is 2. The molecule has 0 bridgehead atoms. The van der Waals surface area contributed by atoms with Crippen molar-refractivity contribution in [1.29, 1.82) is 0 Å². The van der Waals surface area contributed by atoms with Crippen molar-refractivity contribution in [3.63, 3.8) is 0 Å². The second kappa shape index (κ2) is 7.53. The van der Waals surface area contributed by atoms with Crippen molar-refractivity contribution in [2.24, 2.45) is 17.6 Å². The number of benzene rings is 1. The van der Waals surface area contributed by atoms with E-state index in [1.165, 1.54) is 19.3 Å². The molecule has 2 N–H and O–H groups in total. The molecule has 0 spiro atoms. The minimum atomic E-state index is 0.154. The number of hydrogen-bond acceptors (Lipinski definition) is 2. The average molecular weight is 316 g/mol. The Bertz CT molecular complexity index is 438. The lowest BCUT2D eigenvalue weighted by atomic mass is 9.78. The van der Waals surface area contributed by atoms with Gasteiger partial charge in [0.15, 0.2) is 0 Å². The van der Waals surface area contributed by atoms with Crippen LogP contribution in [0.2, 0.25) is 10.0 Å². The highest BCUT2D eigenvalue weighted by Gasteiger charge is 2.31. The van der Waals surface area contributed by atoms with Crippen molar-refractivity contribution in [2.75, 3.05) is 6.54 Å². The van der Waals surface area contributed by atoms with Crippen LogP contribution in [0.5, 0.6) is 5.75 Å². The summed E-state index contributed by atoms with van der Waals surface area (Å²) in [4.78, 5) is 0. The van der Waals surface area contributed by atoms with Gasteiger partial charge in [-0.05, 0) is 43.9 Å². The normalized spacial score (nSPS) is 26.5. The Kier molecular flexibility index (Phi) is 6.01. The predicted molar refractivity (Wildman–Crippen MR) is 85.7 cm³/mol. The molecule has 1 aliphatic carbocycles. The van der Waals surface area contributed by atoms with Gasteiger partial charge in [0.1, 0.15) is 16.9 Å². The molecule has 0 amide bonds. The van der Waals surface area contributed by atoms with Crippen molar-refractivity contribution in [3.05, 3.63) is 28.2 Å². The second-order valence-electron chi connectivity index (χ2n) is 5.67. The Morgan fingerprint density at radius 2 is 2.10 bits per heavy atom. The van der Waals surface area contributed by atoms with Crippen molar-refractivity contribution >= 4 is 23.2 Å². The SMILES string of the molecule is CCCC1CCC(CN)C(Oc2cccc(Cl)c2Cl)C1. The summed E-state index contributed by atoms with van der Waals surface area (Å²) in [5, 5.41) is 1.04. The third kappa shape index (κ3) is 3.81. The summed E-state index contributed by atoms with van der Waals surface area (Å²) in [5.74, 6) is 1.84. The topological polar surface area (TPSA) is 35.2 Å². The first kappa shape index (κ1) is 15.9. The van der Waals surface area contributed by atoms with E-state index in [9.17, 15) is 0 Å². The zero-order valence-electron chi connectivity index (χ0n) is 11.9. The van der Waals surface area contributed by atoms with E-state index in [4.69, 9.17) is 33.7 Å². The highest BCUT2D eigenvalue weighted by molar-refractivity contribution is 6.42. The molecular weight excluding hydrogens is 293 g/mol. The standard InChI is InChI=1S/C16H23Cl2NO/c1-2-4-11-7-8-12(10-19)15(9-11)20-14-6-3-5-13(17)16(14)18/h3,5-6,11-12,15H,2,4,7-10,19H2,1H3. The van der Waals surface area contributed by atoms with E-state index in [1.807, 2.05) is 12.1 Å². The van der Waals surface area contributed by atoms with Crippen LogP contribution in [0.4, 0.5) is 0 Å². The fourth-order valence-electron chi connectivity index (χ4n) is 3.10. The van der Waals surface area contributed by atoms with Gasteiger partial charge in [0.2, 0.25) is 0 Å². The van der Waals surface area contributed by atoms with Crippen LogP contribution in [0.25, 0.3) is 0 Å². The third-order valence-corrected chi connectivity index (χ3v) is 5.03. The van der Waals surface area contributed by atoms with Gasteiger partial charge in [-0.2, -0.15) is 0 Å². The van der Waals surface area contributed by atoms with Gasteiger partial charge >= 0.3 is 0 Å². The Morgan fingerprint density at radius 3 is 2.80 bits per heavy atom. The Morgan fingerprint density at radius 1 is 1.30 bits per heavy atom.